The van der Waals surface area contributed by atoms with Gasteiger partial charge in [-0.1, -0.05) is 116 Å². The van der Waals surface area contributed by atoms with Crippen LogP contribution in [0.25, 0.3) is 0 Å². The summed E-state index contributed by atoms with van der Waals surface area (Å²) in [5, 5.41) is 0. The fourth-order valence-corrected chi connectivity index (χ4v) is 5.33. The summed E-state index contributed by atoms with van der Waals surface area (Å²) < 4.78 is 0. The predicted octanol–water partition coefficient (Wildman–Crippen LogP) is 9.47. The van der Waals surface area contributed by atoms with E-state index in [-0.39, 0.29) is 5.41 Å². The molecule has 0 nitrogen and oxygen atoms in total. The van der Waals surface area contributed by atoms with Crippen molar-refractivity contribution in [3.05, 3.63) is 70.8 Å². The largest absolute Gasteiger partial charge is 0.0622 e. The third-order valence-electron chi connectivity index (χ3n) is 6.67. The Balaban J connectivity index is 1.75. The van der Waals surface area contributed by atoms with E-state index >= 15 is 0 Å². The van der Waals surface area contributed by atoms with Crippen molar-refractivity contribution in [2.75, 3.05) is 0 Å². The number of aryl methyl sites for hydroxylation is 2. The molecule has 31 heavy (non-hydrogen) atoms. The summed E-state index contributed by atoms with van der Waals surface area (Å²) in [6.07, 6.45) is 10.3. The zero-order chi connectivity index (χ0) is 23.1. The molecule has 172 valence electrons. The molecule has 0 radical (unpaired) electrons. The van der Waals surface area contributed by atoms with Crippen LogP contribution in [0.4, 0.5) is 0 Å². The first-order valence-electron chi connectivity index (χ1n) is 12.5. The molecule has 0 unspecified atom stereocenters. The van der Waals surface area contributed by atoms with Gasteiger partial charge in [0.05, 0.1) is 0 Å². The molecule has 2 rings (SSSR count). The Labute approximate surface area is 193 Å². The molecule has 0 heteroatoms. The van der Waals surface area contributed by atoms with Crippen molar-refractivity contribution in [3.63, 3.8) is 0 Å². The number of hydrogen-bond donors (Lipinski definition) is 0. The van der Waals surface area contributed by atoms with E-state index in [1.807, 2.05) is 0 Å². The smallest absolute Gasteiger partial charge is 0.00985 e. The number of rotatable bonds is 11. The molecule has 0 atom stereocenters. The highest BCUT2D eigenvalue weighted by molar-refractivity contribution is 5.35. The molecular formula is C31H48. The second-order valence-corrected chi connectivity index (χ2v) is 12.5. The van der Waals surface area contributed by atoms with Crippen molar-refractivity contribution in [2.45, 2.75) is 112 Å². The van der Waals surface area contributed by atoms with Gasteiger partial charge in [0.25, 0.3) is 0 Å². The van der Waals surface area contributed by atoms with Gasteiger partial charge in [0, 0.05) is 0 Å². The average Bonchev–Trinajstić information content (AvgIpc) is 2.64. The third kappa shape index (κ3) is 9.22. The average molecular weight is 421 g/mol. The van der Waals surface area contributed by atoms with E-state index in [1.54, 1.807) is 5.56 Å². The summed E-state index contributed by atoms with van der Waals surface area (Å²) in [7, 11) is 0. The van der Waals surface area contributed by atoms with Gasteiger partial charge in [-0.05, 0) is 77.5 Å². The molecule has 0 aliphatic rings. The van der Waals surface area contributed by atoms with Crippen molar-refractivity contribution in [3.8, 4) is 0 Å². The maximum atomic E-state index is 2.45. The van der Waals surface area contributed by atoms with Gasteiger partial charge in [-0.2, -0.15) is 0 Å². The Morgan fingerprint density at radius 1 is 0.710 bits per heavy atom. The molecule has 0 bridgehead atoms. The Kier molecular flexibility index (Phi) is 8.99. The molecule has 0 heterocycles. The van der Waals surface area contributed by atoms with Crippen LogP contribution in [0.3, 0.4) is 0 Å². The summed E-state index contributed by atoms with van der Waals surface area (Å²) in [5.41, 5.74) is 6.96. The van der Waals surface area contributed by atoms with Crippen LogP contribution >= 0.6 is 0 Å². The van der Waals surface area contributed by atoms with Crippen LogP contribution in [-0.2, 0) is 18.3 Å². The first kappa shape index (κ1) is 25.7. The van der Waals surface area contributed by atoms with E-state index in [1.165, 1.54) is 68.1 Å². The van der Waals surface area contributed by atoms with Gasteiger partial charge in [0.1, 0.15) is 0 Å². The SMILES string of the molecule is Cc1cc(C(C)(C)CC(C)(C)C)ccc1CCCCCCC(C)(C)Cc1ccccc1. The minimum absolute atomic E-state index is 0.230. The molecule has 0 amide bonds. The van der Waals surface area contributed by atoms with Gasteiger partial charge in [0.15, 0.2) is 0 Å². The van der Waals surface area contributed by atoms with E-state index in [0.29, 0.717) is 10.8 Å². The van der Waals surface area contributed by atoms with Crippen molar-refractivity contribution < 1.29 is 0 Å². The van der Waals surface area contributed by atoms with Crippen LogP contribution < -0.4 is 0 Å². The van der Waals surface area contributed by atoms with Gasteiger partial charge in [-0.15, -0.1) is 0 Å². The van der Waals surface area contributed by atoms with E-state index in [0.717, 1.165) is 0 Å². The number of hydrogen-bond acceptors (Lipinski definition) is 0. The third-order valence-corrected chi connectivity index (χ3v) is 6.67. The number of unbranched alkanes of at least 4 members (excludes halogenated alkanes) is 3. The Bertz CT molecular complexity index is 787. The summed E-state index contributed by atoms with van der Waals surface area (Å²) in [5.74, 6) is 0. The molecular weight excluding hydrogens is 372 g/mol. The molecule has 0 aliphatic heterocycles. The molecule has 0 N–H and O–H groups in total. The van der Waals surface area contributed by atoms with E-state index in [2.05, 4.69) is 104 Å². The maximum absolute atomic E-state index is 2.45. The van der Waals surface area contributed by atoms with Gasteiger partial charge in [0.2, 0.25) is 0 Å². The summed E-state index contributed by atoms with van der Waals surface area (Å²) in [6, 6.07) is 18.2. The zero-order valence-corrected chi connectivity index (χ0v) is 21.8. The van der Waals surface area contributed by atoms with Gasteiger partial charge < -0.3 is 0 Å². The lowest BCUT2D eigenvalue weighted by Crippen LogP contribution is -2.25. The molecule has 0 saturated heterocycles. The number of benzene rings is 2. The highest BCUT2D eigenvalue weighted by atomic mass is 14.3. The van der Waals surface area contributed by atoms with Crippen molar-refractivity contribution >= 4 is 0 Å². The van der Waals surface area contributed by atoms with Gasteiger partial charge >= 0.3 is 0 Å². The molecule has 0 spiro atoms. The summed E-state index contributed by atoms with van der Waals surface area (Å²) in [6.45, 7) is 19.0. The first-order chi connectivity index (χ1) is 14.4. The quantitative estimate of drug-likeness (QED) is 0.317. The van der Waals surface area contributed by atoms with E-state index in [9.17, 15) is 0 Å². The van der Waals surface area contributed by atoms with Crippen LogP contribution in [0.1, 0.15) is 109 Å². The zero-order valence-electron chi connectivity index (χ0n) is 21.8. The minimum Gasteiger partial charge on any atom is -0.0622 e. The summed E-state index contributed by atoms with van der Waals surface area (Å²) >= 11 is 0. The maximum Gasteiger partial charge on any atom is -0.00985 e. The van der Waals surface area contributed by atoms with E-state index in [4.69, 9.17) is 0 Å². The standard InChI is InChI=1S/C31H48/c1-25-22-28(31(7,8)24-29(2,3)4)20-19-27(25)18-14-9-10-15-21-30(5,6)23-26-16-12-11-13-17-26/h11-13,16-17,19-20,22H,9-10,14-15,18,21,23-24H2,1-8H3. The lowest BCUT2D eigenvalue weighted by molar-refractivity contribution is 0.284. The molecule has 0 aromatic heterocycles. The minimum atomic E-state index is 0.230. The van der Waals surface area contributed by atoms with E-state index < -0.39 is 0 Å². The Hall–Kier alpha value is -1.56. The van der Waals surface area contributed by atoms with Gasteiger partial charge in [-0.25, -0.2) is 0 Å². The fraction of sp³-hybridized carbons (Fsp3) is 0.613. The van der Waals surface area contributed by atoms with Crippen molar-refractivity contribution in [1.82, 2.24) is 0 Å². The summed E-state index contributed by atoms with van der Waals surface area (Å²) in [4.78, 5) is 0. The second kappa shape index (κ2) is 10.8. The predicted molar refractivity (Wildman–Crippen MR) is 139 cm³/mol. The van der Waals surface area contributed by atoms with Crippen LogP contribution in [0.2, 0.25) is 0 Å². The molecule has 0 saturated carbocycles. The van der Waals surface area contributed by atoms with Crippen LogP contribution in [0.15, 0.2) is 48.5 Å². The first-order valence-corrected chi connectivity index (χ1v) is 12.5. The molecule has 0 aliphatic carbocycles. The molecule has 0 fully saturated rings. The monoisotopic (exact) mass is 420 g/mol. The topological polar surface area (TPSA) is 0 Å². The second-order valence-electron chi connectivity index (χ2n) is 12.5. The molecule has 2 aromatic rings. The lowest BCUT2D eigenvalue weighted by atomic mass is 9.72. The van der Waals surface area contributed by atoms with Crippen LogP contribution in [0.5, 0.6) is 0 Å². The fourth-order valence-electron chi connectivity index (χ4n) is 5.33. The van der Waals surface area contributed by atoms with Gasteiger partial charge in [-0.3, -0.25) is 0 Å². The normalized spacial score (nSPS) is 12.9. The Morgan fingerprint density at radius 3 is 1.97 bits per heavy atom. The molecule has 2 aromatic carbocycles. The van der Waals surface area contributed by atoms with Crippen LogP contribution in [0, 0.1) is 17.8 Å². The highest BCUT2D eigenvalue weighted by Gasteiger charge is 2.27. The Morgan fingerprint density at radius 2 is 1.35 bits per heavy atom. The lowest BCUT2D eigenvalue weighted by Gasteiger charge is -2.33. The highest BCUT2D eigenvalue weighted by Crippen LogP contribution is 2.37. The van der Waals surface area contributed by atoms with Crippen molar-refractivity contribution in [1.29, 1.82) is 0 Å². The van der Waals surface area contributed by atoms with Crippen molar-refractivity contribution in [2.24, 2.45) is 10.8 Å². The van der Waals surface area contributed by atoms with Crippen LogP contribution in [-0.4, -0.2) is 0 Å².